The standard InChI is InChI=1S/C37H36N2O7S/c1-22(2)44-33-19-25(18-32(42-5)35(33)45-23(3)4)17-29-34(26-11-16-30-31(20-26)39-47-38-30)36(40)46-37(29,41)27-12-14-28(15-13-27)43-21-24-9-7-6-8-10-24/h6-16,18-20,22-23,41H,17,21H2,1-5H3. The highest BCUT2D eigenvalue weighted by molar-refractivity contribution is 7.00. The van der Waals surface area contributed by atoms with Gasteiger partial charge in [-0.15, -0.1) is 0 Å². The number of nitrogens with zero attached hydrogens (tertiary/aromatic N) is 2. The van der Waals surface area contributed by atoms with Crippen LogP contribution in [0.5, 0.6) is 23.0 Å². The maximum absolute atomic E-state index is 13.7. The van der Waals surface area contributed by atoms with Crippen LogP contribution in [0.3, 0.4) is 0 Å². The van der Waals surface area contributed by atoms with Crippen molar-refractivity contribution in [2.45, 2.75) is 58.7 Å². The predicted molar refractivity (Wildman–Crippen MR) is 180 cm³/mol. The number of rotatable bonds is 12. The molecule has 4 aromatic carbocycles. The minimum absolute atomic E-state index is 0.126. The molecular formula is C37H36N2O7S. The number of methoxy groups -OCH3 is 1. The van der Waals surface area contributed by atoms with E-state index in [4.69, 9.17) is 23.7 Å². The van der Waals surface area contributed by atoms with E-state index >= 15 is 0 Å². The number of fused-ring (bicyclic) bond motifs is 1. The molecule has 0 aliphatic carbocycles. The van der Waals surface area contributed by atoms with Gasteiger partial charge in [0.1, 0.15) is 23.4 Å². The SMILES string of the molecule is COc1cc(CC2=C(c3ccc4nsnc4c3)C(=O)OC2(O)c2ccc(OCc3ccccc3)cc2)cc(OC(C)C)c1OC(C)C. The molecule has 0 fully saturated rings. The van der Waals surface area contributed by atoms with E-state index in [1.807, 2.05) is 70.2 Å². The van der Waals surface area contributed by atoms with Crippen LogP contribution in [0.15, 0.2) is 90.5 Å². The molecule has 1 unspecified atom stereocenters. The zero-order valence-corrected chi connectivity index (χ0v) is 27.7. The molecule has 1 atom stereocenters. The first-order chi connectivity index (χ1) is 22.6. The van der Waals surface area contributed by atoms with E-state index in [0.717, 1.165) is 28.4 Å². The van der Waals surface area contributed by atoms with Gasteiger partial charge in [0, 0.05) is 17.6 Å². The first-order valence-electron chi connectivity index (χ1n) is 15.4. The van der Waals surface area contributed by atoms with Crippen LogP contribution in [0, 0.1) is 0 Å². The van der Waals surface area contributed by atoms with Gasteiger partial charge in [0.25, 0.3) is 5.79 Å². The summed E-state index contributed by atoms with van der Waals surface area (Å²) in [4.78, 5) is 13.7. The predicted octanol–water partition coefficient (Wildman–Crippen LogP) is 7.25. The van der Waals surface area contributed by atoms with Crippen molar-refractivity contribution in [3.8, 4) is 23.0 Å². The molecule has 47 heavy (non-hydrogen) atoms. The number of esters is 1. The number of hydrogen-bond acceptors (Lipinski definition) is 10. The van der Waals surface area contributed by atoms with E-state index in [0.29, 0.717) is 51.8 Å². The quantitative estimate of drug-likeness (QED) is 0.139. The molecule has 1 N–H and O–H groups in total. The second kappa shape index (κ2) is 13.4. The summed E-state index contributed by atoms with van der Waals surface area (Å²) in [5.74, 6) is -0.667. The first kappa shape index (κ1) is 32.0. The zero-order valence-electron chi connectivity index (χ0n) is 26.9. The Balaban J connectivity index is 1.43. The Hall–Kier alpha value is -4.93. The molecule has 6 rings (SSSR count). The van der Waals surface area contributed by atoms with Gasteiger partial charge in [0.2, 0.25) is 5.75 Å². The topological polar surface area (TPSA) is 109 Å². The maximum atomic E-state index is 13.7. The van der Waals surface area contributed by atoms with Crippen LogP contribution in [0.4, 0.5) is 0 Å². The van der Waals surface area contributed by atoms with Crippen molar-refractivity contribution < 1.29 is 33.6 Å². The van der Waals surface area contributed by atoms with Crippen LogP contribution >= 0.6 is 11.7 Å². The third-order valence-corrected chi connectivity index (χ3v) is 8.15. The van der Waals surface area contributed by atoms with Gasteiger partial charge in [-0.1, -0.05) is 36.4 Å². The molecule has 1 aromatic heterocycles. The van der Waals surface area contributed by atoms with Crippen molar-refractivity contribution in [1.29, 1.82) is 0 Å². The lowest BCUT2D eigenvalue weighted by Gasteiger charge is -2.26. The average molecular weight is 653 g/mol. The summed E-state index contributed by atoms with van der Waals surface area (Å²) in [6, 6.07) is 25.8. The Morgan fingerprint density at radius 3 is 2.23 bits per heavy atom. The molecule has 1 aliphatic heterocycles. The highest BCUT2D eigenvalue weighted by Crippen LogP contribution is 2.47. The Kier molecular flexibility index (Phi) is 9.15. The molecule has 0 bridgehead atoms. The van der Waals surface area contributed by atoms with Gasteiger partial charge >= 0.3 is 5.97 Å². The van der Waals surface area contributed by atoms with E-state index in [1.54, 1.807) is 49.6 Å². The maximum Gasteiger partial charge on any atom is 0.342 e. The van der Waals surface area contributed by atoms with E-state index in [2.05, 4.69) is 8.75 Å². The number of benzene rings is 4. The van der Waals surface area contributed by atoms with Crippen molar-refractivity contribution in [3.63, 3.8) is 0 Å². The van der Waals surface area contributed by atoms with E-state index in [-0.39, 0.29) is 24.2 Å². The molecule has 0 spiro atoms. The third-order valence-electron chi connectivity index (χ3n) is 7.59. The number of aliphatic hydroxyl groups is 1. The first-order valence-corrected chi connectivity index (χ1v) is 16.1. The minimum atomic E-state index is -2.07. The van der Waals surface area contributed by atoms with Gasteiger partial charge < -0.3 is 28.8 Å². The van der Waals surface area contributed by atoms with Crippen molar-refractivity contribution in [3.05, 3.63) is 113 Å². The molecule has 10 heteroatoms. The molecule has 1 aliphatic rings. The number of carbonyl (C=O) groups is 1. The molecule has 0 saturated carbocycles. The summed E-state index contributed by atoms with van der Waals surface area (Å²) in [6.45, 7) is 8.10. The van der Waals surface area contributed by atoms with Crippen LogP contribution < -0.4 is 18.9 Å². The van der Waals surface area contributed by atoms with Gasteiger partial charge in [-0.05, 0) is 92.9 Å². The lowest BCUT2D eigenvalue weighted by atomic mass is 9.88. The monoisotopic (exact) mass is 652 g/mol. The van der Waals surface area contributed by atoms with Crippen molar-refractivity contribution in [2.75, 3.05) is 7.11 Å². The van der Waals surface area contributed by atoms with Crippen molar-refractivity contribution in [2.24, 2.45) is 0 Å². The summed E-state index contributed by atoms with van der Waals surface area (Å²) in [7, 11) is 1.56. The van der Waals surface area contributed by atoms with Crippen LogP contribution in [0.1, 0.15) is 49.9 Å². The Morgan fingerprint density at radius 2 is 1.53 bits per heavy atom. The number of carbonyl (C=O) groups excluding carboxylic acids is 1. The molecule has 0 saturated heterocycles. The van der Waals surface area contributed by atoms with E-state index in [9.17, 15) is 9.90 Å². The van der Waals surface area contributed by atoms with Gasteiger partial charge in [-0.3, -0.25) is 0 Å². The summed E-state index contributed by atoms with van der Waals surface area (Å²) < 4.78 is 38.5. The molecular weight excluding hydrogens is 616 g/mol. The lowest BCUT2D eigenvalue weighted by Crippen LogP contribution is -2.29. The van der Waals surface area contributed by atoms with Gasteiger partial charge in [0.15, 0.2) is 11.5 Å². The molecule has 242 valence electrons. The zero-order chi connectivity index (χ0) is 33.1. The van der Waals surface area contributed by atoms with Crippen LogP contribution in [0.25, 0.3) is 16.6 Å². The number of cyclic esters (lactones) is 1. The number of hydrogen-bond donors (Lipinski definition) is 1. The van der Waals surface area contributed by atoms with Gasteiger partial charge in [0.05, 0.1) is 36.6 Å². The second-order valence-electron chi connectivity index (χ2n) is 11.8. The minimum Gasteiger partial charge on any atom is -0.493 e. The summed E-state index contributed by atoms with van der Waals surface area (Å²) in [5, 5.41) is 12.3. The second-order valence-corrected chi connectivity index (χ2v) is 12.3. The van der Waals surface area contributed by atoms with Crippen LogP contribution in [-0.2, 0) is 28.3 Å². The molecule has 0 radical (unpaired) electrons. The highest BCUT2D eigenvalue weighted by atomic mass is 32.1. The van der Waals surface area contributed by atoms with Gasteiger partial charge in [-0.25, -0.2) is 4.79 Å². The molecule has 5 aromatic rings. The van der Waals surface area contributed by atoms with E-state index < -0.39 is 11.8 Å². The summed E-state index contributed by atoms with van der Waals surface area (Å²) in [5.41, 5.74) is 4.67. The fourth-order valence-corrected chi connectivity index (χ4v) is 6.03. The van der Waals surface area contributed by atoms with Crippen molar-refractivity contribution >= 4 is 34.3 Å². The third kappa shape index (κ3) is 6.79. The van der Waals surface area contributed by atoms with Gasteiger partial charge in [-0.2, -0.15) is 8.75 Å². The average Bonchev–Trinajstić information content (AvgIpc) is 3.62. The largest absolute Gasteiger partial charge is 0.493 e. The molecule has 9 nitrogen and oxygen atoms in total. The normalized spacial score (nSPS) is 16.2. The van der Waals surface area contributed by atoms with Crippen molar-refractivity contribution in [1.82, 2.24) is 8.75 Å². The van der Waals surface area contributed by atoms with E-state index in [1.165, 1.54) is 0 Å². The van der Waals surface area contributed by atoms with Crippen LogP contribution in [-0.4, -0.2) is 39.1 Å². The number of aromatic nitrogens is 2. The molecule has 2 heterocycles. The highest BCUT2D eigenvalue weighted by Gasteiger charge is 2.48. The van der Waals surface area contributed by atoms with Crippen LogP contribution in [0.2, 0.25) is 0 Å². The summed E-state index contributed by atoms with van der Waals surface area (Å²) in [6.07, 6.45) is -0.142. The Labute approximate surface area is 277 Å². The Bertz CT molecular complexity index is 1920. The fraction of sp³-hybridized carbons (Fsp3) is 0.270. The summed E-state index contributed by atoms with van der Waals surface area (Å²) >= 11 is 1.09. The lowest BCUT2D eigenvalue weighted by molar-refractivity contribution is -0.185. The number of ether oxygens (including phenoxy) is 5. The molecule has 0 amide bonds. The Morgan fingerprint density at radius 1 is 0.830 bits per heavy atom. The smallest absolute Gasteiger partial charge is 0.342 e. The fourth-order valence-electron chi connectivity index (χ4n) is 5.51.